The maximum atomic E-state index is 13.5. The zero-order valence-corrected chi connectivity index (χ0v) is 22.2. The molecule has 1 heterocycles. The number of fused-ring (bicyclic) bond motifs is 1. The predicted octanol–water partition coefficient (Wildman–Crippen LogP) is 5.14. The molecular weight excluding hydrogens is 522 g/mol. The summed E-state index contributed by atoms with van der Waals surface area (Å²) in [5.41, 5.74) is 1.53. The van der Waals surface area contributed by atoms with Crippen molar-refractivity contribution in [2.75, 3.05) is 23.3 Å². The number of rotatable bonds is 8. The third-order valence-corrected chi connectivity index (χ3v) is 8.42. The molecule has 0 unspecified atom stereocenters. The summed E-state index contributed by atoms with van der Waals surface area (Å²) in [4.78, 5) is 25.3. The molecule has 3 aromatic carbocycles. The van der Waals surface area contributed by atoms with Crippen LogP contribution in [0.2, 0.25) is 5.02 Å². The summed E-state index contributed by atoms with van der Waals surface area (Å²) < 4.78 is 35.6. The average molecular weight is 546 g/mol. The van der Waals surface area contributed by atoms with Gasteiger partial charge in [0.05, 0.1) is 27.9 Å². The number of benzene rings is 3. The first-order valence-electron chi connectivity index (χ1n) is 11.0. The van der Waals surface area contributed by atoms with Crippen LogP contribution in [0.5, 0.6) is 5.75 Å². The maximum absolute atomic E-state index is 13.5. The van der Waals surface area contributed by atoms with E-state index in [1.165, 1.54) is 43.5 Å². The lowest BCUT2D eigenvalue weighted by atomic mass is 10.2. The lowest BCUT2D eigenvalue weighted by Crippen LogP contribution is -2.38. The van der Waals surface area contributed by atoms with Gasteiger partial charge in [0.1, 0.15) is 12.3 Å². The number of sulfonamides is 1. The van der Waals surface area contributed by atoms with Crippen LogP contribution in [-0.2, 0) is 14.8 Å². The molecule has 1 amide bonds. The van der Waals surface area contributed by atoms with Gasteiger partial charge in [-0.3, -0.25) is 18.5 Å². The Morgan fingerprint density at radius 1 is 1.08 bits per heavy atom. The third-order valence-electron chi connectivity index (χ3n) is 5.46. The lowest BCUT2D eigenvalue weighted by Gasteiger charge is -2.24. The van der Waals surface area contributed by atoms with Gasteiger partial charge in [-0.1, -0.05) is 22.9 Å². The van der Waals surface area contributed by atoms with Crippen LogP contribution in [0.3, 0.4) is 0 Å². The van der Waals surface area contributed by atoms with Gasteiger partial charge in [-0.25, -0.2) is 8.42 Å². The highest BCUT2D eigenvalue weighted by Crippen LogP contribution is 2.27. The van der Waals surface area contributed by atoms with Crippen LogP contribution in [0.4, 0.5) is 11.4 Å². The van der Waals surface area contributed by atoms with E-state index in [2.05, 4.69) is 5.32 Å². The number of halogens is 1. The maximum Gasteiger partial charge on any atom is 0.308 e. The Morgan fingerprint density at radius 2 is 1.75 bits per heavy atom. The monoisotopic (exact) mass is 545 g/mol. The van der Waals surface area contributed by atoms with Crippen molar-refractivity contribution in [3.63, 3.8) is 0 Å². The molecule has 0 radical (unpaired) electrons. The molecule has 1 N–H and O–H groups in total. The minimum atomic E-state index is -4.09. The fourth-order valence-electron chi connectivity index (χ4n) is 3.73. The van der Waals surface area contributed by atoms with Crippen LogP contribution in [0.15, 0.2) is 76.4 Å². The minimum absolute atomic E-state index is 0.00258. The molecule has 0 saturated carbocycles. The second kappa shape index (κ2) is 10.3. The number of nitrogens with one attached hydrogen (secondary N) is 1. The van der Waals surface area contributed by atoms with E-state index in [1.54, 1.807) is 34.9 Å². The fourth-order valence-corrected chi connectivity index (χ4v) is 6.33. The van der Waals surface area contributed by atoms with Gasteiger partial charge in [-0.2, -0.15) is 0 Å². The molecule has 0 aliphatic heterocycles. The molecular formula is C25H24ClN3O5S2. The van der Waals surface area contributed by atoms with E-state index in [4.69, 9.17) is 16.3 Å². The first-order valence-corrected chi connectivity index (χ1v) is 13.6. The van der Waals surface area contributed by atoms with E-state index < -0.39 is 22.5 Å². The zero-order chi connectivity index (χ0) is 26.0. The smallest absolute Gasteiger partial charge is 0.308 e. The number of aromatic nitrogens is 1. The minimum Gasteiger partial charge on any atom is -0.497 e. The summed E-state index contributed by atoms with van der Waals surface area (Å²) in [6.07, 6.45) is 0. The van der Waals surface area contributed by atoms with Crippen molar-refractivity contribution in [1.82, 2.24) is 4.57 Å². The number of hydrogen-bond acceptors (Lipinski definition) is 6. The quantitative estimate of drug-likeness (QED) is 0.330. The third kappa shape index (κ3) is 5.25. The number of carbonyl (C=O) groups is 1. The fraction of sp³-hybridized carbons (Fsp3) is 0.200. The lowest BCUT2D eigenvalue weighted by molar-refractivity contribution is -0.114. The standard InChI is InChI=1S/C25H24ClN3O5S2/c1-16(2)29-22-13-6-18(14-23(22)35-25(29)31)27-24(30)15-28(19-7-4-17(26)5-8-19)36(32,33)21-11-9-20(34-3)10-12-21/h4-14,16H,15H2,1-3H3,(H,27,30). The zero-order valence-electron chi connectivity index (χ0n) is 19.8. The Hall–Kier alpha value is -3.34. The van der Waals surface area contributed by atoms with Gasteiger partial charge < -0.3 is 10.1 Å². The van der Waals surface area contributed by atoms with Gasteiger partial charge >= 0.3 is 4.87 Å². The highest BCUT2D eigenvalue weighted by molar-refractivity contribution is 7.92. The number of ether oxygens (including phenoxy) is 1. The Morgan fingerprint density at radius 3 is 2.36 bits per heavy atom. The van der Waals surface area contributed by atoms with Crippen molar-refractivity contribution >= 4 is 60.5 Å². The van der Waals surface area contributed by atoms with Crippen LogP contribution < -0.4 is 19.2 Å². The van der Waals surface area contributed by atoms with Crippen molar-refractivity contribution in [2.45, 2.75) is 24.8 Å². The van der Waals surface area contributed by atoms with Crippen molar-refractivity contribution in [3.8, 4) is 5.75 Å². The predicted molar refractivity (Wildman–Crippen MR) is 144 cm³/mol. The highest BCUT2D eigenvalue weighted by atomic mass is 35.5. The number of carbonyl (C=O) groups excluding carboxylic acids is 1. The molecule has 0 atom stereocenters. The van der Waals surface area contributed by atoms with E-state index in [0.717, 1.165) is 25.9 Å². The van der Waals surface area contributed by atoms with E-state index >= 15 is 0 Å². The molecule has 11 heteroatoms. The number of thiazole rings is 1. The summed E-state index contributed by atoms with van der Waals surface area (Å²) in [5.74, 6) is -0.0363. The molecule has 0 bridgehead atoms. The normalized spacial score (nSPS) is 11.6. The van der Waals surface area contributed by atoms with Crippen molar-refractivity contribution in [1.29, 1.82) is 0 Å². The van der Waals surface area contributed by atoms with Crippen molar-refractivity contribution in [3.05, 3.63) is 81.4 Å². The molecule has 8 nitrogen and oxygen atoms in total. The molecule has 4 rings (SSSR count). The van der Waals surface area contributed by atoms with Crippen molar-refractivity contribution in [2.24, 2.45) is 0 Å². The number of amides is 1. The summed E-state index contributed by atoms with van der Waals surface area (Å²) in [6.45, 7) is 3.38. The van der Waals surface area contributed by atoms with Crippen LogP contribution in [0, 0.1) is 0 Å². The molecule has 36 heavy (non-hydrogen) atoms. The Kier molecular flexibility index (Phi) is 7.39. The molecule has 188 valence electrons. The topological polar surface area (TPSA) is 97.7 Å². The van der Waals surface area contributed by atoms with Gasteiger partial charge in [-0.15, -0.1) is 0 Å². The first-order chi connectivity index (χ1) is 17.1. The van der Waals surface area contributed by atoms with E-state index in [0.29, 0.717) is 16.5 Å². The average Bonchev–Trinajstić information content (AvgIpc) is 3.18. The second-order valence-electron chi connectivity index (χ2n) is 8.23. The van der Waals surface area contributed by atoms with Gasteiger partial charge in [0.2, 0.25) is 5.91 Å². The van der Waals surface area contributed by atoms with Crippen LogP contribution in [-0.4, -0.2) is 32.5 Å². The van der Waals surface area contributed by atoms with E-state index in [-0.39, 0.29) is 21.5 Å². The number of methoxy groups -OCH3 is 1. The molecule has 0 saturated heterocycles. The summed E-state index contributed by atoms with van der Waals surface area (Å²) in [7, 11) is -2.61. The molecule has 1 aromatic heterocycles. The van der Waals surface area contributed by atoms with Crippen LogP contribution in [0.25, 0.3) is 10.2 Å². The molecule has 4 aromatic rings. The molecule has 0 spiro atoms. The van der Waals surface area contributed by atoms with Crippen LogP contribution >= 0.6 is 22.9 Å². The van der Waals surface area contributed by atoms with E-state index in [9.17, 15) is 18.0 Å². The summed E-state index contributed by atoms with van der Waals surface area (Å²) in [6, 6.07) is 17.3. The summed E-state index contributed by atoms with van der Waals surface area (Å²) in [5, 5.41) is 3.19. The molecule has 0 aliphatic rings. The highest BCUT2D eigenvalue weighted by Gasteiger charge is 2.27. The Labute approximate surface area is 217 Å². The molecule has 0 aliphatic carbocycles. The summed E-state index contributed by atoms with van der Waals surface area (Å²) >= 11 is 7.08. The number of nitrogens with zero attached hydrogens (tertiary/aromatic N) is 2. The van der Waals surface area contributed by atoms with Gasteiger partial charge in [0, 0.05) is 16.8 Å². The molecule has 0 fully saturated rings. The second-order valence-corrected chi connectivity index (χ2v) is 11.5. The Bertz CT molecular complexity index is 1560. The van der Waals surface area contributed by atoms with E-state index in [1.807, 2.05) is 13.8 Å². The largest absolute Gasteiger partial charge is 0.497 e. The van der Waals surface area contributed by atoms with Gasteiger partial charge in [-0.05, 0) is 80.6 Å². The van der Waals surface area contributed by atoms with Crippen molar-refractivity contribution < 1.29 is 17.9 Å². The Balaban J connectivity index is 1.64. The van der Waals surface area contributed by atoms with Gasteiger partial charge in [0.25, 0.3) is 10.0 Å². The SMILES string of the molecule is COc1ccc(S(=O)(=O)N(CC(=O)Nc2ccc3c(c2)sc(=O)n3C(C)C)c2ccc(Cl)cc2)cc1. The number of hydrogen-bond donors (Lipinski definition) is 1. The first kappa shape index (κ1) is 25.7. The number of anilines is 2. The van der Waals surface area contributed by atoms with Gasteiger partial charge in [0.15, 0.2) is 0 Å². The van der Waals surface area contributed by atoms with Crippen LogP contribution in [0.1, 0.15) is 19.9 Å².